The average molecular weight is 380 g/mol. The van der Waals surface area contributed by atoms with Crippen LogP contribution in [0.4, 0.5) is 5.69 Å². The van der Waals surface area contributed by atoms with Crippen LogP contribution in [0, 0.1) is 0 Å². The first-order valence-corrected chi connectivity index (χ1v) is 8.97. The van der Waals surface area contributed by atoms with Gasteiger partial charge in [-0.15, -0.1) is 11.3 Å². The number of aliphatic carboxylic acids is 1. The van der Waals surface area contributed by atoms with Gasteiger partial charge in [0.25, 0.3) is 5.91 Å². The third-order valence-corrected chi connectivity index (χ3v) is 4.21. The van der Waals surface area contributed by atoms with Crippen LogP contribution in [0.2, 0.25) is 0 Å². The highest BCUT2D eigenvalue weighted by molar-refractivity contribution is 7.07. The smallest absolute Gasteiger partial charge is 0.328 e. The number of aromatic nitrogens is 1. The molecule has 6 nitrogen and oxygen atoms in total. The predicted molar refractivity (Wildman–Crippen MR) is 104 cm³/mol. The summed E-state index contributed by atoms with van der Waals surface area (Å²) in [5.41, 5.74) is 4.48. The van der Waals surface area contributed by atoms with Crippen LogP contribution in [0.15, 0.2) is 65.5 Å². The number of nitrogens with zero attached hydrogens (tertiary/aromatic N) is 1. The number of hydrogen-bond donors (Lipinski definition) is 2. The van der Waals surface area contributed by atoms with Crippen molar-refractivity contribution in [1.29, 1.82) is 0 Å². The number of hydrogen-bond acceptors (Lipinski definition) is 5. The molecule has 0 aliphatic heterocycles. The molecule has 136 valence electrons. The minimum Gasteiger partial charge on any atom is -0.487 e. The Kier molecular flexibility index (Phi) is 5.96. The molecule has 0 aliphatic rings. The number of carbonyl (C=O) groups excluding carboxylic acids is 1. The number of anilines is 1. The second kappa shape index (κ2) is 8.77. The van der Waals surface area contributed by atoms with Crippen molar-refractivity contribution in [3.63, 3.8) is 0 Å². The molecule has 0 aliphatic carbocycles. The van der Waals surface area contributed by atoms with E-state index in [0.717, 1.165) is 17.3 Å². The molecule has 2 N–H and O–H groups in total. The van der Waals surface area contributed by atoms with Gasteiger partial charge in [-0.1, -0.05) is 12.1 Å². The van der Waals surface area contributed by atoms with Crippen LogP contribution < -0.4 is 10.1 Å². The minimum absolute atomic E-state index is 0.241. The Labute approximate surface area is 159 Å². The number of carbonyl (C=O) groups is 2. The number of benzene rings is 2. The minimum atomic E-state index is -1.01. The van der Waals surface area contributed by atoms with Gasteiger partial charge < -0.3 is 15.2 Å². The van der Waals surface area contributed by atoms with Gasteiger partial charge in [-0.2, -0.15) is 0 Å². The van der Waals surface area contributed by atoms with E-state index < -0.39 is 5.97 Å². The zero-order chi connectivity index (χ0) is 19.1. The summed E-state index contributed by atoms with van der Waals surface area (Å²) in [4.78, 5) is 27.0. The fourth-order valence-electron chi connectivity index (χ4n) is 2.22. The van der Waals surface area contributed by atoms with Crippen LogP contribution in [-0.2, 0) is 11.4 Å². The van der Waals surface area contributed by atoms with E-state index in [0.29, 0.717) is 23.6 Å². The Hall–Kier alpha value is -3.45. The normalized spacial score (nSPS) is 10.7. The number of thiazole rings is 1. The van der Waals surface area contributed by atoms with Crippen LogP contribution >= 0.6 is 11.3 Å². The van der Waals surface area contributed by atoms with Gasteiger partial charge in [0.15, 0.2) is 0 Å². The summed E-state index contributed by atoms with van der Waals surface area (Å²) < 4.78 is 5.62. The molecule has 3 rings (SSSR count). The van der Waals surface area contributed by atoms with Crippen molar-refractivity contribution >= 4 is 35.0 Å². The van der Waals surface area contributed by atoms with Gasteiger partial charge in [0.05, 0.1) is 11.2 Å². The molecule has 0 fully saturated rings. The van der Waals surface area contributed by atoms with Gasteiger partial charge in [0.2, 0.25) is 0 Å². The third kappa shape index (κ3) is 5.52. The molecule has 0 spiro atoms. The maximum atomic E-state index is 12.3. The highest BCUT2D eigenvalue weighted by atomic mass is 32.1. The van der Waals surface area contributed by atoms with Crippen molar-refractivity contribution in [1.82, 2.24) is 4.98 Å². The Morgan fingerprint density at radius 3 is 2.48 bits per heavy atom. The average Bonchev–Trinajstić information content (AvgIpc) is 3.20. The zero-order valence-corrected chi connectivity index (χ0v) is 15.0. The highest BCUT2D eigenvalue weighted by Gasteiger charge is 2.07. The summed E-state index contributed by atoms with van der Waals surface area (Å²) in [5, 5.41) is 13.3. The number of rotatable bonds is 7. The van der Waals surface area contributed by atoms with Gasteiger partial charge in [0, 0.05) is 22.7 Å². The quantitative estimate of drug-likeness (QED) is 0.603. The van der Waals surface area contributed by atoms with E-state index in [-0.39, 0.29) is 5.91 Å². The van der Waals surface area contributed by atoms with Crippen molar-refractivity contribution in [2.75, 3.05) is 5.32 Å². The lowest BCUT2D eigenvalue weighted by Gasteiger charge is -2.07. The molecule has 0 unspecified atom stereocenters. The van der Waals surface area contributed by atoms with Crippen LogP contribution in [-0.4, -0.2) is 22.0 Å². The van der Waals surface area contributed by atoms with Crippen LogP contribution in [0.1, 0.15) is 21.6 Å². The SMILES string of the molecule is O=C(O)C=Cc1ccc(NC(=O)c2ccc(OCc3cscn3)cc2)cc1. The number of amides is 1. The number of ether oxygens (including phenoxy) is 1. The molecule has 2 aromatic carbocycles. The Bertz CT molecular complexity index is 933. The van der Waals surface area contributed by atoms with Crippen molar-refractivity contribution in [2.24, 2.45) is 0 Å². The molecule has 1 amide bonds. The first kappa shape index (κ1) is 18.3. The number of nitrogens with one attached hydrogen (secondary N) is 1. The van der Waals surface area contributed by atoms with Gasteiger partial charge >= 0.3 is 5.97 Å². The van der Waals surface area contributed by atoms with Gasteiger partial charge in [-0.3, -0.25) is 4.79 Å². The second-order valence-electron chi connectivity index (χ2n) is 5.54. The maximum absolute atomic E-state index is 12.3. The molecule has 1 heterocycles. The molecule has 0 atom stereocenters. The highest BCUT2D eigenvalue weighted by Crippen LogP contribution is 2.16. The third-order valence-electron chi connectivity index (χ3n) is 3.57. The molecule has 0 bridgehead atoms. The molecule has 3 aromatic rings. The molecule has 0 radical (unpaired) electrons. The lowest BCUT2D eigenvalue weighted by atomic mass is 10.1. The second-order valence-corrected chi connectivity index (χ2v) is 6.26. The summed E-state index contributed by atoms with van der Waals surface area (Å²) in [6, 6.07) is 13.7. The number of carboxylic acids is 1. The lowest BCUT2D eigenvalue weighted by Crippen LogP contribution is -2.11. The van der Waals surface area contributed by atoms with Crippen LogP contribution in [0.5, 0.6) is 5.75 Å². The van der Waals surface area contributed by atoms with Crippen LogP contribution in [0.3, 0.4) is 0 Å². The monoisotopic (exact) mass is 380 g/mol. The van der Waals surface area contributed by atoms with Crippen molar-refractivity contribution in [3.05, 3.63) is 82.3 Å². The van der Waals surface area contributed by atoms with Crippen molar-refractivity contribution in [2.45, 2.75) is 6.61 Å². The summed E-state index contributed by atoms with van der Waals surface area (Å²) in [5.74, 6) is -0.588. The predicted octanol–water partition coefficient (Wildman–Crippen LogP) is 4.07. The van der Waals surface area contributed by atoms with Gasteiger partial charge in [-0.05, 0) is 48.0 Å². The van der Waals surface area contributed by atoms with E-state index in [1.807, 2.05) is 5.38 Å². The van der Waals surface area contributed by atoms with Gasteiger partial charge in [0.1, 0.15) is 12.4 Å². The van der Waals surface area contributed by atoms with Crippen LogP contribution in [0.25, 0.3) is 6.08 Å². The first-order chi connectivity index (χ1) is 13.1. The molecule has 27 heavy (non-hydrogen) atoms. The summed E-state index contributed by atoms with van der Waals surface area (Å²) >= 11 is 1.51. The van der Waals surface area contributed by atoms with Crippen molar-refractivity contribution < 1.29 is 19.4 Å². The lowest BCUT2D eigenvalue weighted by molar-refractivity contribution is -0.131. The fourth-order valence-corrected chi connectivity index (χ4v) is 2.76. The molecule has 1 aromatic heterocycles. The van der Waals surface area contributed by atoms with E-state index in [1.54, 1.807) is 54.0 Å². The van der Waals surface area contributed by atoms with E-state index in [2.05, 4.69) is 10.3 Å². The van der Waals surface area contributed by atoms with E-state index in [1.165, 1.54) is 17.4 Å². The van der Waals surface area contributed by atoms with E-state index >= 15 is 0 Å². The largest absolute Gasteiger partial charge is 0.487 e. The molecule has 0 saturated heterocycles. The first-order valence-electron chi connectivity index (χ1n) is 8.02. The molecule has 0 saturated carbocycles. The topological polar surface area (TPSA) is 88.5 Å². The number of carboxylic acid groups (broad SMARTS) is 1. The Balaban J connectivity index is 1.56. The molecule has 7 heteroatoms. The fraction of sp³-hybridized carbons (Fsp3) is 0.0500. The van der Waals surface area contributed by atoms with E-state index in [4.69, 9.17) is 9.84 Å². The maximum Gasteiger partial charge on any atom is 0.328 e. The Morgan fingerprint density at radius 1 is 1.11 bits per heavy atom. The van der Waals surface area contributed by atoms with Crippen molar-refractivity contribution in [3.8, 4) is 5.75 Å². The van der Waals surface area contributed by atoms with E-state index in [9.17, 15) is 9.59 Å². The zero-order valence-electron chi connectivity index (χ0n) is 14.2. The standard InChI is InChI=1S/C20H16N2O4S/c23-19(24)10-3-14-1-6-16(7-2-14)22-20(25)15-4-8-18(9-5-15)26-11-17-12-27-13-21-17/h1-10,12-13H,11H2,(H,22,25)(H,23,24). The Morgan fingerprint density at radius 2 is 1.85 bits per heavy atom. The summed E-state index contributed by atoms with van der Waals surface area (Å²) in [6.07, 6.45) is 2.55. The molecular weight excluding hydrogens is 364 g/mol. The van der Waals surface area contributed by atoms with Gasteiger partial charge in [-0.25, -0.2) is 9.78 Å². The summed E-state index contributed by atoms with van der Waals surface area (Å²) in [7, 11) is 0. The molecular formula is C20H16N2O4S. The summed E-state index contributed by atoms with van der Waals surface area (Å²) in [6.45, 7) is 0.387.